The number of rotatable bonds is 6. The summed E-state index contributed by atoms with van der Waals surface area (Å²) in [7, 11) is 0. The fraction of sp³-hybridized carbons (Fsp3) is 1.00. The second kappa shape index (κ2) is 6.30. The van der Waals surface area contributed by atoms with Gasteiger partial charge < -0.3 is 14.8 Å². The van der Waals surface area contributed by atoms with Crippen molar-refractivity contribution in [1.29, 1.82) is 0 Å². The van der Waals surface area contributed by atoms with E-state index in [4.69, 9.17) is 9.47 Å². The van der Waals surface area contributed by atoms with Crippen molar-refractivity contribution in [3.05, 3.63) is 0 Å². The van der Waals surface area contributed by atoms with Crippen LogP contribution in [0.2, 0.25) is 0 Å². The topological polar surface area (TPSA) is 33.7 Å². The van der Waals surface area contributed by atoms with E-state index in [0.29, 0.717) is 23.6 Å². The molecule has 0 radical (unpaired) electrons. The average Bonchev–Trinajstić information content (AvgIpc) is 2.36. The van der Waals surface area contributed by atoms with Crippen molar-refractivity contribution in [2.75, 3.05) is 39.5 Å². The molecule has 4 heteroatoms. The van der Waals surface area contributed by atoms with E-state index in [9.17, 15) is 0 Å². The van der Waals surface area contributed by atoms with Crippen LogP contribution in [0.3, 0.4) is 0 Å². The van der Waals surface area contributed by atoms with Crippen LogP contribution in [-0.4, -0.2) is 62.5 Å². The molecular weight excluding hydrogens is 252 g/mol. The molecule has 116 valence electrons. The predicted octanol–water partition coefficient (Wildman–Crippen LogP) is 1.64. The van der Waals surface area contributed by atoms with E-state index in [1.807, 2.05) is 0 Å². The summed E-state index contributed by atoms with van der Waals surface area (Å²) in [6.45, 7) is 10.4. The summed E-state index contributed by atoms with van der Waals surface area (Å²) < 4.78 is 11.3. The highest BCUT2D eigenvalue weighted by molar-refractivity contribution is 5.12. The number of morpholine rings is 1. The van der Waals surface area contributed by atoms with Gasteiger partial charge in [0.1, 0.15) is 0 Å². The van der Waals surface area contributed by atoms with Gasteiger partial charge in [0.25, 0.3) is 0 Å². The van der Waals surface area contributed by atoms with Crippen LogP contribution in [0.4, 0.5) is 0 Å². The highest BCUT2D eigenvalue weighted by Gasteiger charge is 2.58. The Labute approximate surface area is 123 Å². The largest absolute Gasteiger partial charge is 0.379 e. The standard InChI is InChI=1S/C16H30N2O2/c1-3-20-15-11-14(16(15)5-4-6-16)17-13(2)12-18-7-9-19-10-8-18/h13-15,17H,3-12H2,1-2H3. The van der Waals surface area contributed by atoms with E-state index in [1.54, 1.807) is 0 Å². The van der Waals surface area contributed by atoms with Crippen molar-refractivity contribution in [2.45, 2.75) is 57.7 Å². The molecule has 3 aliphatic rings. The molecule has 2 saturated carbocycles. The molecule has 1 aliphatic heterocycles. The Kier molecular flexibility index (Phi) is 4.65. The molecule has 3 unspecified atom stereocenters. The van der Waals surface area contributed by atoms with Gasteiger partial charge >= 0.3 is 0 Å². The summed E-state index contributed by atoms with van der Waals surface area (Å²) >= 11 is 0. The molecule has 1 saturated heterocycles. The van der Waals surface area contributed by atoms with Crippen molar-refractivity contribution in [2.24, 2.45) is 5.41 Å². The van der Waals surface area contributed by atoms with Crippen molar-refractivity contribution >= 4 is 0 Å². The maximum Gasteiger partial charge on any atom is 0.0661 e. The van der Waals surface area contributed by atoms with Crippen molar-refractivity contribution < 1.29 is 9.47 Å². The Bertz CT molecular complexity index is 314. The molecule has 3 fully saturated rings. The van der Waals surface area contributed by atoms with Crippen molar-refractivity contribution in [3.8, 4) is 0 Å². The quantitative estimate of drug-likeness (QED) is 0.803. The van der Waals surface area contributed by atoms with Crippen LogP contribution < -0.4 is 5.32 Å². The average molecular weight is 282 g/mol. The van der Waals surface area contributed by atoms with E-state index >= 15 is 0 Å². The minimum Gasteiger partial charge on any atom is -0.379 e. The summed E-state index contributed by atoms with van der Waals surface area (Å²) in [5.41, 5.74) is 0.481. The van der Waals surface area contributed by atoms with Gasteiger partial charge in [0.2, 0.25) is 0 Å². The number of hydrogen-bond acceptors (Lipinski definition) is 4. The van der Waals surface area contributed by atoms with Gasteiger partial charge in [-0.2, -0.15) is 0 Å². The fourth-order valence-corrected chi connectivity index (χ4v) is 4.24. The van der Waals surface area contributed by atoms with Crippen LogP contribution in [0.5, 0.6) is 0 Å². The first kappa shape index (κ1) is 14.8. The molecule has 0 aromatic rings. The third-order valence-corrected chi connectivity index (χ3v) is 5.56. The molecule has 0 aromatic carbocycles. The molecule has 1 heterocycles. The molecule has 1 N–H and O–H groups in total. The van der Waals surface area contributed by atoms with Gasteiger partial charge in [-0.3, -0.25) is 4.90 Å². The van der Waals surface area contributed by atoms with Gasteiger partial charge in [-0.15, -0.1) is 0 Å². The summed E-state index contributed by atoms with van der Waals surface area (Å²) in [6.07, 6.45) is 5.84. The van der Waals surface area contributed by atoms with Crippen LogP contribution in [-0.2, 0) is 9.47 Å². The van der Waals surface area contributed by atoms with Gasteiger partial charge in [-0.25, -0.2) is 0 Å². The molecular formula is C16H30N2O2. The highest BCUT2D eigenvalue weighted by Crippen LogP contribution is 2.57. The summed E-state index contributed by atoms with van der Waals surface area (Å²) in [4.78, 5) is 2.52. The molecule has 0 bridgehead atoms. The summed E-state index contributed by atoms with van der Waals surface area (Å²) in [5, 5.41) is 3.88. The highest BCUT2D eigenvalue weighted by atomic mass is 16.5. The lowest BCUT2D eigenvalue weighted by Gasteiger charge is -2.61. The second-order valence-electron chi connectivity index (χ2n) is 6.80. The summed E-state index contributed by atoms with van der Waals surface area (Å²) in [6, 6.07) is 1.25. The van der Waals surface area contributed by atoms with E-state index in [0.717, 1.165) is 39.5 Å². The van der Waals surface area contributed by atoms with Crippen molar-refractivity contribution in [1.82, 2.24) is 10.2 Å². The zero-order chi connectivity index (χ0) is 14.0. The summed E-state index contributed by atoms with van der Waals surface area (Å²) in [5.74, 6) is 0. The minimum absolute atomic E-state index is 0.481. The van der Waals surface area contributed by atoms with Crippen LogP contribution >= 0.6 is 0 Å². The molecule has 4 nitrogen and oxygen atoms in total. The van der Waals surface area contributed by atoms with E-state index < -0.39 is 0 Å². The number of ether oxygens (including phenoxy) is 2. The lowest BCUT2D eigenvalue weighted by Crippen LogP contribution is -2.68. The lowest BCUT2D eigenvalue weighted by atomic mass is 9.51. The number of nitrogens with zero attached hydrogens (tertiary/aromatic N) is 1. The van der Waals surface area contributed by atoms with Gasteiger partial charge in [0.05, 0.1) is 19.3 Å². The monoisotopic (exact) mass is 282 g/mol. The third kappa shape index (κ3) is 2.76. The lowest BCUT2D eigenvalue weighted by molar-refractivity contribution is -0.174. The van der Waals surface area contributed by atoms with Crippen LogP contribution in [0.15, 0.2) is 0 Å². The Morgan fingerprint density at radius 1 is 1.35 bits per heavy atom. The predicted molar refractivity (Wildman–Crippen MR) is 80.0 cm³/mol. The first-order valence-electron chi connectivity index (χ1n) is 8.42. The first-order valence-corrected chi connectivity index (χ1v) is 8.42. The Balaban J connectivity index is 1.45. The number of nitrogens with one attached hydrogen (secondary N) is 1. The van der Waals surface area contributed by atoms with Gasteiger partial charge in [-0.05, 0) is 33.1 Å². The zero-order valence-electron chi connectivity index (χ0n) is 13.1. The van der Waals surface area contributed by atoms with Crippen LogP contribution in [0, 0.1) is 5.41 Å². The third-order valence-electron chi connectivity index (χ3n) is 5.56. The fourth-order valence-electron chi connectivity index (χ4n) is 4.24. The van der Waals surface area contributed by atoms with Gasteiger partial charge in [-0.1, -0.05) is 6.42 Å². The molecule has 1 spiro atoms. The molecule has 20 heavy (non-hydrogen) atoms. The zero-order valence-corrected chi connectivity index (χ0v) is 13.1. The maximum absolute atomic E-state index is 5.93. The van der Waals surface area contributed by atoms with Crippen LogP contribution in [0.25, 0.3) is 0 Å². The van der Waals surface area contributed by atoms with E-state index in [1.165, 1.54) is 25.7 Å². The SMILES string of the molecule is CCOC1CC(NC(C)CN2CCOCC2)C12CCC2. The Morgan fingerprint density at radius 3 is 2.70 bits per heavy atom. The van der Waals surface area contributed by atoms with Crippen LogP contribution in [0.1, 0.15) is 39.5 Å². The normalized spacial score (nSPS) is 34.5. The number of hydrogen-bond donors (Lipinski definition) is 1. The molecule has 2 aliphatic carbocycles. The van der Waals surface area contributed by atoms with E-state index in [-0.39, 0.29) is 0 Å². The molecule has 3 atom stereocenters. The Hall–Kier alpha value is -0.160. The molecule has 0 aromatic heterocycles. The maximum atomic E-state index is 5.93. The molecule has 3 rings (SSSR count). The second-order valence-corrected chi connectivity index (χ2v) is 6.80. The van der Waals surface area contributed by atoms with E-state index in [2.05, 4.69) is 24.1 Å². The smallest absolute Gasteiger partial charge is 0.0661 e. The Morgan fingerprint density at radius 2 is 2.10 bits per heavy atom. The minimum atomic E-state index is 0.481. The molecule has 0 amide bonds. The van der Waals surface area contributed by atoms with Crippen molar-refractivity contribution in [3.63, 3.8) is 0 Å². The van der Waals surface area contributed by atoms with Gasteiger partial charge in [0, 0.05) is 43.7 Å². The van der Waals surface area contributed by atoms with Gasteiger partial charge in [0.15, 0.2) is 0 Å². The first-order chi connectivity index (χ1) is 9.74.